The average molecular weight is 413 g/mol. The molecule has 150 valence electrons. The number of nitrogens with two attached hydrogens (primary N) is 1. The van der Waals surface area contributed by atoms with Gasteiger partial charge in [-0.2, -0.15) is 0 Å². The molecule has 0 spiro atoms. The SMILES string of the molecule is CC(OC(=O)CC1Sc2ccccc2NC1=O)C(=O)Nc1ccc(C(N)=O)cc1. The van der Waals surface area contributed by atoms with Gasteiger partial charge < -0.3 is 21.1 Å². The summed E-state index contributed by atoms with van der Waals surface area (Å²) in [5.74, 6) is -2.03. The maximum atomic E-state index is 12.2. The Morgan fingerprint density at radius 3 is 2.55 bits per heavy atom. The van der Waals surface area contributed by atoms with Crippen molar-refractivity contribution in [2.75, 3.05) is 10.6 Å². The summed E-state index contributed by atoms with van der Waals surface area (Å²) in [4.78, 5) is 48.5. The first-order chi connectivity index (χ1) is 13.8. The molecule has 29 heavy (non-hydrogen) atoms. The Bertz CT molecular complexity index is 961. The van der Waals surface area contributed by atoms with Crippen molar-refractivity contribution in [3.8, 4) is 0 Å². The van der Waals surface area contributed by atoms with Crippen LogP contribution in [-0.2, 0) is 19.1 Å². The zero-order chi connectivity index (χ0) is 21.0. The van der Waals surface area contributed by atoms with Crippen LogP contribution in [0.2, 0.25) is 0 Å². The lowest BCUT2D eigenvalue weighted by Crippen LogP contribution is -2.34. The van der Waals surface area contributed by atoms with Crippen LogP contribution in [0.3, 0.4) is 0 Å². The Balaban J connectivity index is 1.52. The number of hydrogen-bond donors (Lipinski definition) is 3. The van der Waals surface area contributed by atoms with Gasteiger partial charge in [-0.15, -0.1) is 11.8 Å². The summed E-state index contributed by atoms with van der Waals surface area (Å²) in [5.41, 5.74) is 6.62. The highest BCUT2D eigenvalue weighted by molar-refractivity contribution is 8.01. The predicted molar refractivity (Wildman–Crippen MR) is 108 cm³/mol. The molecule has 2 unspecified atom stereocenters. The highest BCUT2D eigenvalue weighted by Crippen LogP contribution is 2.36. The lowest BCUT2D eigenvalue weighted by atomic mass is 10.2. The summed E-state index contributed by atoms with van der Waals surface area (Å²) < 4.78 is 5.17. The topological polar surface area (TPSA) is 128 Å². The molecule has 9 heteroatoms. The number of benzene rings is 2. The molecule has 0 aliphatic carbocycles. The molecular weight excluding hydrogens is 394 g/mol. The van der Waals surface area contributed by atoms with Crippen LogP contribution in [0, 0.1) is 0 Å². The largest absolute Gasteiger partial charge is 0.452 e. The maximum Gasteiger partial charge on any atom is 0.308 e. The van der Waals surface area contributed by atoms with Crippen LogP contribution in [0.5, 0.6) is 0 Å². The van der Waals surface area contributed by atoms with Crippen LogP contribution in [0.15, 0.2) is 53.4 Å². The molecule has 0 radical (unpaired) electrons. The third-order valence-electron chi connectivity index (χ3n) is 4.17. The number of fused-ring (bicyclic) bond motifs is 1. The number of primary amides is 1. The van der Waals surface area contributed by atoms with Crippen LogP contribution in [0.25, 0.3) is 0 Å². The maximum absolute atomic E-state index is 12.2. The van der Waals surface area contributed by atoms with Crippen LogP contribution < -0.4 is 16.4 Å². The zero-order valence-corrected chi connectivity index (χ0v) is 16.3. The van der Waals surface area contributed by atoms with Crippen molar-refractivity contribution in [1.29, 1.82) is 0 Å². The fraction of sp³-hybridized carbons (Fsp3) is 0.200. The van der Waals surface area contributed by atoms with Gasteiger partial charge in [-0.25, -0.2) is 0 Å². The first kappa shape index (κ1) is 20.4. The van der Waals surface area contributed by atoms with Crippen molar-refractivity contribution in [1.82, 2.24) is 0 Å². The van der Waals surface area contributed by atoms with Crippen molar-refractivity contribution in [3.05, 3.63) is 54.1 Å². The number of rotatable bonds is 6. The van der Waals surface area contributed by atoms with E-state index in [4.69, 9.17) is 10.5 Å². The summed E-state index contributed by atoms with van der Waals surface area (Å²) >= 11 is 1.28. The molecular formula is C20H19N3O5S. The Labute approximate surface area is 171 Å². The molecule has 1 aliphatic rings. The molecule has 2 atom stereocenters. The number of esters is 1. The minimum Gasteiger partial charge on any atom is -0.452 e. The summed E-state index contributed by atoms with van der Waals surface area (Å²) in [7, 11) is 0. The quantitative estimate of drug-likeness (QED) is 0.623. The number of carbonyl (C=O) groups excluding carboxylic acids is 4. The summed E-state index contributed by atoms with van der Waals surface area (Å²) in [6.07, 6.45) is -1.21. The molecule has 3 amide bonds. The predicted octanol–water partition coefficient (Wildman–Crippen LogP) is 2.16. The standard InChI is InChI=1S/C20H19N3O5S/c1-11(19(26)22-13-8-6-12(7-9-13)18(21)25)28-17(24)10-16-20(27)23-14-4-2-3-5-15(14)29-16/h2-9,11,16H,10H2,1H3,(H2,21,25)(H,22,26)(H,23,27). The molecule has 1 heterocycles. The van der Waals surface area contributed by atoms with Gasteiger partial charge in [0.25, 0.3) is 5.91 Å². The van der Waals surface area contributed by atoms with Gasteiger partial charge >= 0.3 is 5.97 Å². The Kier molecular flexibility index (Phi) is 6.18. The van der Waals surface area contributed by atoms with E-state index < -0.39 is 29.1 Å². The van der Waals surface area contributed by atoms with E-state index in [9.17, 15) is 19.2 Å². The lowest BCUT2D eigenvalue weighted by molar-refractivity contribution is -0.153. The first-order valence-electron chi connectivity index (χ1n) is 8.80. The van der Waals surface area contributed by atoms with Crippen LogP contribution >= 0.6 is 11.8 Å². The van der Waals surface area contributed by atoms with Crippen molar-refractivity contribution in [2.24, 2.45) is 5.73 Å². The van der Waals surface area contributed by atoms with E-state index in [1.54, 1.807) is 6.07 Å². The molecule has 3 rings (SSSR count). The van der Waals surface area contributed by atoms with Crippen molar-refractivity contribution < 1.29 is 23.9 Å². The smallest absolute Gasteiger partial charge is 0.308 e. The molecule has 2 aromatic rings. The van der Waals surface area contributed by atoms with Gasteiger partial charge in [-0.3, -0.25) is 19.2 Å². The van der Waals surface area contributed by atoms with Crippen molar-refractivity contribution in [2.45, 2.75) is 29.6 Å². The van der Waals surface area contributed by atoms with E-state index in [2.05, 4.69) is 10.6 Å². The van der Waals surface area contributed by atoms with E-state index in [-0.39, 0.29) is 12.3 Å². The van der Waals surface area contributed by atoms with E-state index >= 15 is 0 Å². The van der Waals surface area contributed by atoms with Gasteiger partial charge in [-0.05, 0) is 43.3 Å². The highest BCUT2D eigenvalue weighted by Gasteiger charge is 2.30. The van der Waals surface area contributed by atoms with Gasteiger partial charge in [0.15, 0.2) is 6.10 Å². The van der Waals surface area contributed by atoms with E-state index in [0.717, 1.165) is 4.90 Å². The number of anilines is 2. The summed E-state index contributed by atoms with van der Waals surface area (Å²) in [6, 6.07) is 13.3. The second kappa shape index (κ2) is 8.78. The number of nitrogens with one attached hydrogen (secondary N) is 2. The third kappa shape index (κ3) is 5.14. The third-order valence-corrected chi connectivity index (χ3v) is 5.45. The summed E-state index contributed by atoms with van der Waals surface area (Å²) in [6.45, 7) is 1.44. The Morgan fingerprint density at radius 2 is 1.86 bits per heavy atom. The van der Waals surface area contributed by atoms with Crippen LogP contribution in [0.1, 0.15) is 23.7 Å². The van der Waals surface area contributed by atoms with Gasteiger partial charge in [0.05, 0.1) is 17.4 Å². The normalized spacial score (nSPS) is 16.2. The fourth-order valence-electron chi connectivity index (χ4n) is 2.64. The van der Waals surface area contributed by atoms with E-state index in [1.807, 2.05) is 18.2 Å². The molecule has 0 saturated heterocycles. The second-order valence-corrected chi connectivity index (χ2v) is 7.60. The van der Waals surface area contributed by atoms with Crippen LogP contribution in [0.4, 0.5) is 11.4 Å². The summed E-state index contributed by atoms with van der Waals surface area (Å²) in [5, 5.41) is 4.71. The van der Waals surface area contributed by atoms with Gasteiger partial charge in [-0.1, -0.05) is 12.1 Å². The number of ether oxygens (including phenoxy) is 1. The molecule has 2 aromatic carbocycles. The lowest BCUT2D eigenvalue weighted by Gasteiger charge is -2.23. The Morgan fingerprint density at radius 1 is 1.17 bits per heavy atom. The van der Waals surface area contributed by atoms with Gasteiger partial charge in [0.1, 0.15) is 0 Å². The molecule has 0 aromatic heterocycles. The van der Waals surface area contributed by atoms with Gasteiger partial charge in [0, 0.05) is 16.1 Å². The minimum atomic E-state index is -1.05. The molecule has 1 aliphatic heterocycles. The molecule has 0 saturated carbocycles. The number of carbonyl (C=O) groups is 4. The fourth-order valence-corrected chi connectivity index (χ4v) is 3.73. The molecule has 8 nitrogen and oxygen atoms in total. The average Bonchev–Trinajstić information content (AvgIpc) is 2.68. The zero-order valence-electron chi connectivity index (χ0n) is 15.5. The van der Waals surface area contributed by atoms with Gasteiger partial charge in [0.2, 0.25) is 11.8 Å². The van der Waals surface area contributed by atoms with Crippen molar-refractivity contribution in [3.63, 3.8) is 0 Å². The highest BCUT2D eigenvalue weighted by atomic mass is 32.2. The minimum absolute atomic E-state index is 0.157. The van der Waals surface area contributed by atoms with E-state index in [1.165, 1.54) is 43.0 Å². The Hall–Kier alpha value is -3.33. The van der Waals surface area contributed by atoms with Crippen LogP contribution in [-0.4, -0.2) is 35.0 Å². The first-order valence-corrected chi connectivity index (χ1v) is 9.68. The second-order valence-electron chi connectivity index (χ2n) is 6.36. The number of para-hydroxylation sites is 1. The number of amides is 3. The monoisotopic (exact) mass is 413 g/mol. The van der Waals surface area contributed by atoms with Crippen molar-refractivity contribution >= 4 is 46.8 Å². The molecule has 4 N–H and O–H groups in total. The number of hydrogen-bond acceptors (Lipinski definition) is 6. The van der Waals surface area contributed by atoms with E-state index in [0.29, 0.717) is 16.9 Å². The molecule has 0 fully saturated rings. The molecule has 0 bridgehead atoms. The number of thioether (sulfide) groups is 1.